The predicted molar refractivity (Wildman–Crippen MR) is 76.7 cm³/mol. The van der Waals surface area contributed by atoms with Gasteiger partial charge in [0.15, 0.2) is 0 Å². The molecule has 1 N–H and O–H groups in total. The number of carbonyl (C=O) groups is 1. The fourth-order valence-corrected chi connectivity index (χ4v) is 3.93. The van der Waals surface area contributed by atoms with Gasteiger partial charge in [0.05, 0.1) is 11.2 Å². The Labute approximate surface area is 122 Å². The number of hydrogen-bond donors (Lipinski definition) is 1. The van der Waals surface area contributed by atoms with Crippen molar-refractivity contribution in [3.8, 4) is 0 Å². The number of rotatable bonds is 3. The van der Waals surface area contributed by atoms with Gasteiger partial charge in [-0.25, -0.2) is 14.8 Å². The van der Waals surface area contributed by atoms with Crippen LogP contribution in [0.1, 0.15) is 21.0 Å². The molecule has 102 valence electrons. The lowest BCUT2D eigenvalue weighted by atomic mass is 10.2. The van der Waals surface area contributed by atoms with E-state index in [1.54, 1.807) is 13.2 Å². The molecule has 0 aliphatic rings. The molecule has 0 atom stereocenters. The molecule has 0 aliphatic carbocycles. The standard InChI is InChI=1S/C13H10N2O3S2/c1-6-9-11(19-8-3-4-18-7(8)2)14-5-15-12(9)20-10(6)13(16)17/h3-5H,1-2H3,(H,16,17). The highest BCUT2D eigenvalue weighted by Crippen LogP contribution is 2.38. The number of aromatic carboxylic acids is 1. The van der Waals surface area contributed by atoms with Gasteiger partial charge in [0.2, 0.25) is 0 Å². The maximum Gasteiger partial charge on any atom is 0.346 e. The summed E-state index contributed by atoms with van der Waals surface area (Å²) in [6, 6.07) is 1.87. The fraction of sp³-hybridized carbons (Fsp3) is 0.154. The van der Waals surface area contributed by atoms with Crippen LogP contribution in [0.4, 0.5) is 0 Å². The smallest absolute Gasteiger partial charge is 0.346 e. The van der Waals surface area contributed by atoms with Crippen LogP contribution in [0.5, 0.6) is 0 Å². The van der Waals surface area contributed by atoms with Crippen LogP contribution in [0.3, 0.4) is 0 Å². The minimum absolute atomic E-state index is 0.311. The van der Waals surface area contributed by atoms with Gasteiger partial charge >= 0.3 is 5.97 Å². The lowest BCUT2D eigenvalue weighted by Crippen LogP contribution is -1.94. The van der Waals surface area contributed by atoms with Crippen LogP contribution >= 0.6 is 23.1 Å². The van der Waals surface area contributed by atoms with Crippen LogP contribution in [0, 0.1) is 13.8 Å². The largest absolute Gasteiger partial charge is 0.477 e. The Bertz CT molecular complexity index is 807. The highest BCUT2D eigenvalue weighted by atomic mass is 32.2. The van der Waals surface area contributed by atoms with Crippen molar-refractivity contribution in [3.63, 3.8) is 0 Å². The Hall–Kier alpha value is -1.86. The fourth-order valence-electron chi connectivity index (χ4n) is 1.90. The molecule has 0 unspecified atom stereocenters. The van der Waals surface area contributed by atoms with Gasteiger partial charge in [-0.3, -0.25) is 0 Å². The number of furan rings is 1. The highest BCUT2D eigenvalue weighted by molar-refractivity contribution is 7.99. The molecule has 0 aromatic carbocycles. The third-order valence-electron chi connectivity index (χ3n) is 2.90. The Morgan fingerprint density at radius 2 is 2.20 bits per heavy atom. The first kappa shape index (κ1) is 13.1. The van der Waals surface area contributed by atoms with E-state index in [2.05, 4.69) is 9.97 Å². The van der Waals surface area contributed by atoms with Crippen LogP contribution in [0.2, 0.25) is 0 Å². The average Bonchev–Trinajstić information content (AvgIpc) is 2.95. The van der Waals surface area contributed by atoms with Gasteiger partial charge in [-0.05, 0) is 25.5 Å². The first-order chi connectivity index (χ1) is 9.58. The Morgan fingerprint density at radius 3 is 2.85 bits per heavy atom. The van der Waals surface area contributed by atoms with Crippen molar-refractivity contribution in [2.24, 2.45) is 0 Å². The van der Waals surface area contributed by atoms with Gasteiger partial charge in [-0.2, -0.15) is 0 Å². The van der Waals surface area contributed by atoms with E-state index >= 15 is 0 Å². The lowest BCUT2D eigenvalue weighted by molar-refractivity contribution is 0.0701. The number of aryl methyl sites for hydroxylation is 2. The zero-order valence-electron chi connectivity index (χ0n) is 10.7. The van der Waals surface area contributed by atoms with Gasteiger partial charge < -0.3 is 9.52 Å². The normalized spacial score (nSPS) is 11.1. The molecule has 0 amide bonds. The molecule has 0 aliphatic heterocycles. The number of nitrogens with zero attached hydrogens (tertiary/aromatic N) is 2. The first-order valence-electron chi connectivity index (χ1n) is 5.77. The molecule has 20 heavy (non-hydrogen) atoms. The summed E-state index contributed by atoms with van der Waals surface area (Å²) in [5, 5.41) is 10.8. The predicted octanol–water partition coefficient (Wildman–Crippen LogP) is 3.75. The monoisotopic (exact) mass is 306 g/mol. The molecule has 0 spiro atoms. The number of fused-ring (bicyclic) bond motifs is 1. The van der Waals surface area contributed by atoms with Crippen molar-refractivity contribution >= 4 is 39.3 Å². The van der Waals surface area contributed by atoms with Crippen molar-refractivity contribution in [1.82, 2.24) is 9.97 Å². The van der Waals surface area contributed by atoms with Crippen molar-refractivity contribution in [2.75, 3.05) is 0 Å². The maximum atomic E-state index is 11.2. The molecule has 3 rings (SSSR count). The first-order valence-corrected chi connectivity index (χ1v) is 7.40. The van der Waals surface area contributed by atoms with Crippen molar-refractivity contribution < 1.29 is 14.3 Å². The van der Waals surface area contributed by atoms with Crippen LogP contribution in [-0.4, -0.2) is 21.0 Å². The van der Waals surface area contributed by atoms with Crippen LogP contribution in [0.15, 0.2) is 33.0 Å². The summed E-state index contributed by atoms with van der Waals surface area (Å²) >= 11 is 2.63. The van der Waals surface area contributed by atoms with E-state index in [-0.39, 0.29) is 0 Å². The zero-order chi connectivity index (χ0) is 14.3. The molecule has 5 nitrogen and oxygen atoms in total. The number of carboxylic acids is 1. The molecular weight excluding hydrogens is 296 g/mol. The van der Waals surface area contributed by atoms with E-state index in [1.807, 2.05) is 13.0 Å². The third-order valence-corrected chi connectivity index (χ3v) is 5.24. The van der Waals surface area contributed by atoms with Crippen molar-refractivity contribution in [2.45, 2.75) is 23.8 Å². The van der Waals surface area contributed by atoms with Gasteiger partial charge in [0.1, 0.15) is 26.8 Å². The van der Waals surface area contributed by atoms with Crippen LogP contribution < -0.4 is 0 Å². The molecule has 0 saturated carbocycles. The van der Waals surface area contributed by atoms with Gasteiger partial charge in [0.25, 0.3) is 0 Å². The Balaban J connectivity index is 2.16. The molecular formula is C13H10N2O3S2. The second kappa shape index (κ2) is 4.92. The van der Waals surface area contributed by atoms with E-state index < -0.39 is 5.97 Å². The second-order valence-corrected chi connectivity index (χ2v) is 6.19. The van der Waals surface area contributed by atoms with Gasteiger partial charge in [-0.15, -0.1) is 11.3 Å². The van der Waals surface area contributed by atoms with E-state index in [0.29, 0.717) is 15.3 Å². The van der Waals surface area contributed by atoms with Crippen molar-refractivity contribution in [1.29, 1.82) is 0 Å². The lowest BCUT2D eigenvalue weighted by Gasteiger charge is -2.01. The second-order valence-electron chi connectivity index (χ2n) is 4.16. The SMILES string of the molecule is Cc1occc1Sc1ncnc2sc(C(=O)O)c(C)c12. The Kier molecular flexibility index (Phi) is 3.23. The number of aromatic nitrogens is 2. The van der Waals surface area contributed by atoms with Crippen molar-refractivity contribution in [3.05, 3.63) is 34.9 Å². The third kappa shape index (κ3) is 2.08. The summed E-state index contributed by atoms with van der Waals surface area (Å²) in [6.07, 6.45) is 3.08. The summed E-state index contributed by atoms with van der Waals surface area (Å²) < 4.78 is 5.27. The van der Waals surface area contributed by atoms with E-state index in [0.717, 1.165) is 21.1 Å². The quantitative estimate of drug-likeness (QED) is 0.743. The number of carboxylic acid groups (broad SMARTS) is 1. The summed E-state index contributed by atoms with van der Waals surface area (Å²) in [4.78, 5) is 21.6. The van der Waals surface area contributed by atoms with E-state index in [1.165, 1.54) is 29.4 Å². The number of hydrogen-bond acceptors (Lipinski definition) is 6. The minimum atomic E-state index is -0.930. The summed E-state index contributed by atoms with van der Waals surface area (Å²) in [6.45, 7) is 3.67. The topological polar surface area (TPSA) is 76.2 Å². The molecule has 3 aromatic heterocycles. The zero-order valence-corrected chi connectivity index (χ0v) is 12.3. The van der Waals surface area contributed by atoms with Gasteiger partial charge in [0, 0.05) is 5.39 Å². The van der Waals surface area contributed by atoms with Crippen LogP contribution in [0.25, 0.3) is 10.2 Å². The van der Waals surface area contributed by atoms with Crippen LogP contribution in [-0.2, 0) is 0 Å². The molecule has 0 bridgehead atoms. The minimum Gasteiger partial charge on any atom is -0.477 e. The molecule has 0 saturated heterocycles. The summed E-state index contributed by atoms with van der Waals surface area (Å²) in [5.41, 5.74) is 0.710. The maximum absolute atomic E-state index is 11.2. The molecule has 7 heteroatoms. The average molecular weight is 306 g/mol. The molecule has 3 aromatic rings. The van der Waals surface area contributed by atoms with E-state index in [9.17, 15) is 9.90 Å². The molecule has 3 heterocycles. The highest BCUT2D eigenvalue weighted by Gasteiger charge is 2.19. The summed E-state index contributed by atoms with van der Waals surface area (Å²) in [7, 11) is 0. The molecule has 0 fully saturated rings. The Morgan fingerprint density at radius 1 is 1.40 bits per heavy atom. The van der Waals surface area contributed by atoms with E-state index in [4.69, 9.17) is 4.42 Å². The summed E-state index contributed by atoms with van der Waals surface area (Å²) in [5.74, 6) is -0.117. The molecule has 0 radical (unpaired) electrons. The number of thiophene rings is 1. The van der Waals surface area contributed by atoms with Gasteiger partial charge in [-0.1, -0.05) is 11.8 Å².